The Balaban J connectivity index is 2.00. The lowest BCUT2D eigenvalue weighted by atomic mass is 10.0. The largest absolute Gasteiger partial charge is 0.378 e. The van der Waals surface area contributed by atoms with Gasteiger partial charge in [0, 0.05) is 36.7 Å². The first kappa shape index (κ1) is 13.6. The van der Waals surface area contributed by atoms with Crippen LogP contribution in [0.25, 0.3) is 5.57 Å². The number of carbonyl (C=O) groups is 1. The van der Waals surface area contributed by atoms with Gasteiger partial charge in [-0.15, -0.1) is 0 Å². The molecule has 106 valence electrons. The van der Waals surface area contributed by atoms with Gasteiger partial charge in [-0.25, -0.2) is 0 Å². The summed E-state index contributed by atoms with van der Waals surface area (Å²) in [6, 6.07) is 8.16. The van der Waals surface area contributed by atoms with E-state index in [0.29, 0.717) is 19.8 Å². The Bertz CT molecular complexity index is 547. The summed E-state index contributed by atoms with van der Waals surface area (Å²) in [6.07, 6.45) is 0. The summed E-state index contributed by atoms with van der Waals surface area (Å²) in [6.45, 7) is 3.62. The fourth-order valence-corrected chi connectivity index (χ4v) is 2.95. The van der Waals surface area contributed by atoms with E-state index in [-0.39, 0.29) is 5.91 Å². The van der Waals surface area contributed by atoms with Gasteiger partial charge in [-0.2, -0.15) is 0 Å². The van der Waals surface area contributed by atoms with E-state index in [1.165, 1.54) is 0 Å². The van der Waals surface area contributed by atoms with Crippen LogP contribution in [0.4, 0.5) is 0 Å². The van der Waals surface area contributed by atoms with Crippen LogP contribution >= 0.6 is 15.9 Å². The van der Waals surface area contributed by atoms with Gasteiger partial charge in [-0.3, -0.25) is 4.79 Å². The molecule has 0 saturated carbocycles. The van der Waals surface area contributed by atoms with Crippen molar-refractivity contribution in [2.75, 3.05) is 39.9 Å². The third-order valence-electron chi connectivity index (χ3n) is 3.75. The molecule has 0 N–H and O–H groups in total. The molecule has 2 heterocycles. The molecule has 0 aromatic heterocycles. The number of ether oxygens (including phenoxy) is 1. The average Bonchev–Trinajstić information content (AvgIpc) is 2.77. The maximum absolute atomic E-state index is 12.4. The molecule has 1 aromatic carbocycles. The standard InChI is InChI=1S/C15H17BrN2O2/c1-17-10-13(11-2-4-12(16)5-3-11)14(15(17)19)18-6-8-20-9-7-18/h2-5H,6-10H2,1H3. The van der Waals surface area contributed by atoms with E-state index >= 15 is 0 Å². The number of amides is 1. The van der Waals surface area contributed by atoms with Crippen molar-refractivity contribution in [1.29, 1.82) is 0 Å². The minimum absolute atomic E-state index is 0.116. The molecule has 5 heteroatoms. The minimum Gasteiger partial charge on any atom is -0.378 e. The zero-order valence-electron chi connectivity index (χ0n) is 11.4. The molecular weight excluding hydrogens is 320 g/mol. The summed E-state index contributed by atoms with van der Waals surface area (Å²) < 4.78 is 6.43. The first-order chi connectivity index (χ1) is 9.66. The minimum atomic E-state index is 0.116. The molecule has 4 nitrogen and oxygen atoms in total. The monoisotopic (exact) mass is 336 g/mol. The number of likely N-dealkylation sites (N-methyl/N-ethyl adjacent to an activating group) is 1. The van der Waals surface area contributed by atoms with Gasteiger partial charge in [-0.05, 0) is 17.7 Å². The van der Waals surface area contributed by atoms with Gasteiger partial charge < -0.3 is 14.5 Å². The quantitative estimate of drug-likeness (QED) is 0.827. The average molecular weight is 337 g/mol. The molecule has 0 bridgehead atoms. The van der Waals surface area contributed by atoms with Gasteiger partial charge >= 0.3 is 0 Å². The van der Waals surface area contributed by atoms with Crippen LogP contribution in [0.2, 0.25) is 0 Å². The maximum Gasteiger partial charge on any atom is 0.270 e. The van der Waals surface area contributed by atoms with Gasteiger partial charge in [0.05, 0.1) is 13.2 Å². The predicted molar refractivity (Wildman–Crippen MR) is 81.1 cm³/mol. The van der Waals surface area contributed by atoms with Crippen molar-refractivity contribution in [3.8, 4) is 0 Å². The van der Waals surface area contributed by atoms with E-state index in [1.807, 2.05) is 19.2 Å². The lowest BCUT2D eigenvalue weighted by molar-refractivity contribution is -0.126. The maximum atomic E-state index is 12.4. The molecule has 1 fully saturated rings. The Morgan fingerprint density at radius 3 is 2.45 bits per heavy atom. The number of nitrogens with zero attached hydrogens (tertiary/aromatic N) is 2. The molecule has 0 spiro atoms. The van der Waals surface area contributed by atoms with Crippen LogP contribution in [0.15, 0.2) is 34.4 Å². The highest BCUT2D eigenvalue weighted by atomic mass is 79.9. The molecule has 0 unspecified atom stereocenters. The van der Waals surface area contributed by atoms with E-state index in [9.17, 15) is 4.79 Å². The first-order valence-corrected chi connectivity index (χ1v) is 7.53. The predicted octanol–water partition coefficient (Wildman–Crippen LogP) is 1.96. The molecule has 2 aliphatic rings. The van der Waals surface area contributed by atoms with Gasteiger partial charge in [0.1, 0.15) is 5.70 Å². The van der Waals surface area contributed by atoms with Crippen LogP contribution in [0.3, 0.4) is 0 Å². The summed E-state index contributed by atoms with van der Waals surface area (Å²) in [5.74, 6) is 0.116. The van der Waals surface area contributed by atoms with E-state index in [2.05, 4.69) is 33.0 Å². The molecule has 1 aromatic rings. The second-order valence-electron chi connectivity index (χ2n) is 5.09. The molecule has 3 rings (SSSR count). The number of carbonyl (C=O) groups excluding carboxylic acids is 1. The Labute approximate surface area is 127 Å². The normalized spacial score (nSPS) is 20.0. The molecule has 0 radical (unpaired) electrons. The topological polar surface area (TPSA) is 32.8 Å². The fourth-order valence-electron chi connectivity index (χ4n) is 2.69. The molecule has 1 saturated heterocycles. The van der Waals surface area contributed by atoms with Crippen LogP contribution in [0.5, 0.6) is 0 Å². The SMILES string of the molecule is CN1CC(c2ccc(Br)cc2)=C(N2CCOCC2)C1=O. The molecular formula is C15H17BrN2O2. The zero-order valence-corrected chi connectivity index (χ0v) is 13.0. The summed E-state index contributed by atoms with van der Waals surface area (Å²) in [5.41, 5.74) is 3.08. The summed E-state index contributed by atoms with van der Waals surface area (Å²) >= 11 is 3.45. The number of hydrogen-bond acceptors (Lipinski definition) is 3. The van der Waals surface area contributed by atoms with Crippen LogP contribution in [-0.2, 0) is 9.53 Å². The van der Waals surface area contributed by atoms with E-state index in [1.54, 1.807) is 4.90 Å². The molecule has 1 amide bonds. The van der Waals surface area contributed by atoms with E-state index in [4.69, 9.17) is 4.74 Å². The number of hydrogen-bond donors (Lipinski definition) is 0. The Morgan fingerprint density at radius 2 is 1.80 bits per heavy atom. The smallest absolute Gasteiger partial charge is 0.270 e. The summed E-state index contributed by atoms with van der Waals surface area (Å²) in [7, 11) is 1.86. The molecule has 20 heavy (non-hydrogen) atoms. The van der Waals surface area contributed by atoms with E-state index < -0.39 is 0 Å². The fraction of sp³-hybridized carbons (Fsp3) is 0.400. The second kappa shape index (κ2) is 5.58. The highest BCUT2D eigenvalue weighted by Crippen LogP contribution is 2.30. The number of rotatable bonds is 2. The van der Waals surface area contributed by atoms with Crippen LogP contribution < -0.4 is 0 Å². The molecule has 2 aliphatic heterocycles. The number of morpholine rings is 1. The van der Waals surface area contributed by atoms with Crippen molar-refractivity contribution in [3.05, 3.63) is 40.0 Å². The zero-order chi connectivity index (χ0) is 14.1. The first-order valence-electron chi connectivity index (χ1n) is 6.74. The Hall–Kier alpha value is -1.33. The third-order valence-corrected chi connectivity index (χ3v) is 4.28. The van der Waals surface area contributed by atoms with Crippen molar-refractivity contribution >= 4 is 27.4 Å². The highest BCUT2D eigenvalue weighted by Gasteiger charge is 2.33. The Morgan fingerprint density at radius 1 is 1.15 bits per heavy atom. The van der Waals surface area contributed by atoms with E-state index in [0.717, 1.165) is 34.4 Å². The van der Waals surface area contributed by atoms with Gasteiger partial charge in [0.25, 0.3) is 5.91 Å². The van der Waals surface area contributed by atoms with Crippen molar-refractivity contribution in [3.63, 3.8) is 0 Å². The molecule has 0 atom stereocenters. The lowest BCUT2D eigenvalue weighted by Gasteiger charge is -2.29. The van der Waals surface area contributed by atoms with Crippen molar-refractivity contribution in [2.24, 2.45) is 0 Å². The number of halogens is 1. The van der Waals surface area contributed by atoms with Crippen molar-refractivity contribution < 1.29 is 9.53 Å². The number of benzene rings is 1. The van der Waals surface area contributed by atoms with Crippen molar-refractivity contribution in [1.82, 2.24) is 9.80 Å². The lowest BCUT2D eigenvalue weighted by Crippen LogP contribution is -2.39. The van der Waals surface area contributed by atoms with Gasteiger partial charge in [0.15, 0.2) is 0 Å². The Kier molecular flexibility index (Phi) is 3.81. The second-order valence-corrected chi connectivity index (χ2v) is 6.01. The van der Waals surface area contributed by atoms with Gasteiger partial charge in [-0.1, -0.05) is 28.1 Å². The van der Waals surface area contributed by atoms with Crippen LogP contribution in [-0.4, -0.2) is 55.6 Å². The van der Waals surface area contributed by atoms with Crippen molar-refractivity contribution in [2.45, 2.75) is 0 Å². The highest BCUT2D eigenvalue weighted by molar-refractivity contribution is 9.10. The third kappa shape index (κ3) is 2.47. The summed E-state index contributed by atoms with van der Waals surface area (Å²) in [5, 5.41) is 0. The summed E-state index contributed by atoms with van der Waals surface area (Å²) in [4.78, 5) is 16.4. The van der Waals surface area contributed by atoms with Gasteiger partial charge in [0.2, 0.25) is 0 Å². The van der Waals surface area contributed by atoms with Crippen LogP contribution in [0.1, 0.15) is 5.56 Å². The molecule has 0 aliphatic carbocycles. The van der Waals surface area contributed by atoms with Crippen LogP contribution in [0, 0.1) is 0 Å².